The van der Waals surface area contributed by atoms with Crippen molar-refractivity contribution in [3.05, 3.63) is 35.4 Å². The molecule has 1 aromatic carbocycles. The Morgan fingerprint density at radius 2 is 1.68 bits per heavy atom. The molecule has 1 N–H and O–H groups in total. The Hall–Kier alpha value is -0.880. The zero-order valence-electron chi connectivity index (χ0n) is 11.3. The monoisotopic (exact) mass is 293 g/mol. The van der Waals surface area contributed by atoms with Crippen LogP contribution < -0.4 is 4.72 Å². The molecule has 2 nitrogen and oxygen atoms in total. The fourth-order valence-corrected chi connectivity index (χ4v) is 2.33. The molecule has 2 unspecified atom stereocenters. The number of halogens is 3. The van der Waals surface area contributed by atoms with Gasteiger partial charge in [0, 0.05) is 0 Å². The van der Waals surface area contributed by atoms with E-state index in [2.05, 4.69) is 4.72 Å². The van der Waals surface area contributed by atoms with Gasteiger partial charge in [-0.05, 0) is 38.8 Å². The van der Waals surface area contributed by atoms with E-state index in [1.54, 1.807) is 45.9 Å². The van der Waals surface area contributed by atoms with Gasteiger partial charge in [0.05, 0.1) is 15.7 Å². The molecule has 19 heavy (non-hydrogen) atoms. The second-order valence-corrected chi connectivity index (χ2v) is 7.33. The third-order valence-electron chi connectivity index (χ3n) is 2.61. The molecule has 0 saturated carbocycles. The summed E-state index contributed by atoms with van der Waals surface area (Å²) in [7, 11) is -1.79. The normalized spacial score (nSPS) is 16.2. The lowest BCUT2D eigenvalue weighted by molar-refractivity contribution is -0.153. The topological polar surface area (TPSA) is 29.1 Å². The molecule has 0 spiro atoms. The number of aryl methyl sites for hydroxylation is 1. The third-order valence-corrected chi connectivity index (χ3v) is 4.17. The number of hydrogen-bond acceptors (Lipinski definition) is 1. The average Bonchev–Trinajstić information content (AvgIpc) is 2.24. The van der Waals surface area contributed by atoms with Crippen LogP contribution in [0.3, 0.4) is 0 Å². The van der Waals surface area contributed by atoms with Gasteiger partial charge in [0.15, 0.2) is 0 Å². The van der Waals surface area contributed by atoms with Gasteiger partial charge in [-0.2, -0.15) is 13.2 Å². The molecule has 0 saturated heterocycles. The van der Waals surface area contributed by atoms with Crippen LogP contribution in [0.4, 0.5) is 13.2 Å². The highest BCUT2D eigenvalue weighted by Gasteiger charge is 2.43. The molecule has 108 valence electrons. The largest absolute Gasteiger partial charge is 0.408 e. The molecule has 2 atom stereocenters. The number of hydrogen-bond donors (Lipinski definition) is 1. The Bertz CT molecular complexity index is 466. The van der Waals surface area contributed by atoms with Gasteiger partial charge in [0.1, 0.15) is 6.04 Å². The molecule has 0 bridgehead atoms. The van der Waals surface area contributed by atoms with Crippen LogP contribution in [0.2, 0.25) is 0 Å². The van der Waals surface area contributed by atoms with Crippen molar-refractivity contribution in [3.63, 3.8) is 0 Å². The van der Waals surface area contributed by atoms with Crippen LogP contribution in [0.1, 0.15) is 37.9 Å². The van der Waals surface area contributed by atoms with Crippen molar-refractivity contribution in [2.24, 2.45) is 0 Å². The van der Waals surface area contributed by atoms with Crippen LogP contribution in [0.5, 0.6) is 0 Å². The Morgan fingerprint density at radius 3 is 2.11 bits per heavy atom. The number of nitrogens with one attached hydrogen (secondary N) is 1. The van der Waals surface area contributed by atoms with Crippen LogP contribution in [-0.2, 0) is 11.0 Å². The molecule has 0 amide bonds. The fourth-order valence-electron chi connectivity index (χ4n) is 1.50. The van der Waals surface area contributed by atoms with Gasteiger partial charge in [0.2, 0.25) is 0 Å². The molecule has 0 aromatic heterocycles. The summed E-state index contributed by atoms with van der Waals surface area (Å²) in [6.45, 7) is 6.49. The lowest BCUT2D eigenvalue weighted by Crippen LogP contribution is -2.41. The first kappa shape index (κ1) is 16.2. The van der Waals surface area contributed by atoms with Crippen molar-refractivity contribution in [1.82, 2.24) is 4.72 Å². The van der Waals surface area contributed by atoms with Gasteiger partial charge < -0.3 is 0 Å². The smallest absolute Gasteiger partial charge is 0.242 e. The molecule has 0 aliphatic heterocycles. The van der Waals surface area contributed by atoms with Crippen molar-refractivity contribution >= 4 is 11.0 Å². The molecule has 0 aliphatic carbocycles. The number of benzene rings is 1. The SMILES string of the molecule is Cc1ccccc1C(NS(=O)C(C)(C)C)C(F)(F)F. The summed E-state index contributed by atoms with van der Waals surface area (Å²) in [5, 5.41) is 0. The van der Waals surface area contributed by atoms with Crippen molar-refractivity contribution in [2.75, 3.05) is 0 Å². The summed E-state index contributed by atoms with van der Waals surface area (Å²) in [5.74, 6) is 0. The predicted molar refractivity (Wildman–Crippen MR) is 71.0 cm³/mol. The maximum Gasteiger partial charge on any atom is 0.408 e. The Balaban J connectivity index is 3.12. The number of rotatable bonds is 3. The van der Waals surface area contributed by atoms with E-state index in [1.165, 1.54) is 6.07 Å². The molecule has 0 fully saturated rings. The lowest BCUT2D eigenvalue weighted by Gasteiger charge is -2.27. The molecule has 0 radical (unpaired) electrons. The number of alkyl halides is 3. The van der Waals surface area contributed by atoms with Crippen LogP contribution in [0, 0.1) is 6.92 Å². The second-order valence-electron chi connectivity index (χ2n) is 5.33. The summed E-state index contributed by atoms with van der Waals surface area (Å²) in [4.78, 5) is 0. The van der Waals surface area contributed by atoms with Crippen LogP contribution in [0.25, 0.3) is 0 Å². The van der Waals surface area contributed by atoms with Crippen LogP contribution in [0.15, 0.2) is 24.3 Å². The Labute approximate surface area is 114 Å². The standard InChI is InChI=1S/C13H18F3NOS/c1-9-7-5-6-8-10(9)11(13(14,15)16)17-19(18)12(2,3)4/h5-8,11,17H,1-4H3. The molecular formula is C13H18F3NOS. The van der Waals surface area contributed by atoms with E-state index in [0.29, 0.717) is 5.56 Å². The van der Waals surface area contributed by atoms with Crippen molar-refractivity contribution in [2.45, 2.75) is 44.7 Å². The van der Waals surface area contributed by atoms with E-state index in [-0.39, 0.29) is 5.56 Å². The zero-order chi connectivity index (χ0) is 14.8. The first-order valence-corrected chi connectivity index (χ1v) is 6.99. The highest BCUT2D eigenvalue weighted by Crippen LogP contribution is 2.35. The van der Waals surface area contributed by atoms with E-state index in [9.17, 15) is 17.4 Å². The Morgan fingerprint density at radius 1 is 1.16 bits per heavy atom. The van der Waals surface area contributed by atoms with Gasteiger partial charge in [-0.3, -0.25) is 0 Å². The fraction of sp³-hybridized carbons (Fsp3) is 0.538. The first-order valence-electron chi connectivity index (χ1n) is 5.84. The second kappa shape index (κ2) is 5.63. The Kier molecular flexibility index (Phi) is 4.79. The van der Waals surface area contributed by atoms with E-state index >= 15 is 0 Å². The minimum absolute atomic E-state index is 0.104. The van der Waals surface area contributed by atoms with Crippen LogP contribution >= 0.6 is 0 Å². The van der Waals surface area contributed by atoms with E-state index in [4.69, 9.17) is 0 Å². The quantitative estimate of drug-likeness (QED) is 0.905. The van der Waals surface area contributed by atoms with Gasteiger partial charge >= 0.3 is 6.18 Å². The third kappa shape index (κ3) is 4.31. The first-order chi connectivity index (χ1) is 8.53. The molecule has 0 aliphatic rings. The predicted octanol–water partition coefficient (Wildman–Crippen LogP) is 3.65. The maximum atomic E-state index is 13.1. The van der Waals surface area contributed by atoms with Crippen molar-refractivity contribution in [3.8, 4) is 0 Å². The van der Waals surface area contributed by atoms with Crippen molar-refractivity contribution < 1.29 is 17.4 Å². The summed E-state index contributed by atoms with van der Waals surface area (Å²) in [5.41, 5.74) is 0.621. The molecular weight excluding hydrogens is 275 g/mol. The highest BCUT2D eigenvalue weighted by atomic mass is 32.2. The van der Waals surface area contributed by atoms with Gasteiger partial charge in [-0.25, -0.2) is 8.93 Å². The summed E-state index contributed by atoms with van der Waals surface area (Å²) < 4.78 is 52.8. The molecule has 1 rings (SSSR count). The molecule has 0 heterocycles. The summed E-state index contributed by atoms with van der Waals surface area (Å²) in [6, 6.07) is 4.31. The molecule has 6 heteroatoms. The van der Waals surface area contributed by atoms with Crippen LogP contribution in [-0.4, -0.2) is 15.1 Å². The summed E-state index contributed by atoms with van der Waals surface area (Å²) in [6.07, 6.45) is -4.49. The zero-order valence-corrected chi connectivity index (χ0v) is 12.2. The lowest BCUT2D eigenvalue weighted by atomic mass is 10.0. The van der Waals surface area contributed by atoms with Gasteiger partial charge in [-0.1, -0.05) is 24.3 Å². The van der Waals surface area contributed by atoms with E-state index in [1.807, 2.05) is 0 Å². The van der Waals surface area contributed by atoms with E-state index in [0.717, 1.165) is 0 Å². The minimum atomic E-state index is -4.49. The average molecular weight is 293 g/mol. The molecule has 1 aromatic rings. The highest BCUT2D eigenvalue weighted by molar-refractivity contribution is 7.84. The maximum absolute atomic E-state index is 13.1. The van der Waals surface area contributed by atoms with E-state index < -0.39 is 28.0 Å². The summed E-state index contributed by atoms with van der Waals surface area (Å²) >= 11 is 0. The minimum Gasteiger partial charge on any atom is -0.242 e. The van der Waals surface area contributed by atoms with Gasteiger partial charge in [0.25, 0.3) is 0 Å². The van der Waals surface area contributed by atoms with Crippen molar-refractivity contribution in [1.29, 1.82) is 0 Å². The van der Waals surface area contributed by atoms with Gasteiger partial charge in [-0.15, -0.1) is 0 Å².